The average molecular weight is 698 g/mol. The quantitative estimate of drug-likeness (QED) is 0.0657. The first-order chi connectivity index (χ1) is 24.1. The number of aldehydes is 1. The number of hydrogen-bond donors (Lipinski definition) is 2. The Hall–Kier alpha value is -3.42. The van der Waals surface area contributed by atoms with E-state index in [1.54, 1.807) is 13.4 Å². The largest absolute Gasteiger partial charge is 0.505 e. The molecule has 7 nitrogen and oxygen atoms in total. The molecule has 2 rings (SSSR count). The van der Waals surface area contributed by atoms with E-state index in [2.05, 4.69) is 57.5 Å². The Morgan fingerprint density at radius 3 is 2.06 bits per heavy atom. The van der Waals surface area contributed by atoms with E-state index in [1.807, 2.05) is 90.2 Å². The van der Waals surface area contributed by atoms with Gasteiger partial charge in [-0.2, -0.15) is 0 Å². The fraction of sp³-hybridized carbons (Fsp3) is 0.581. The van der Waals surface area contributed by atoms with Crippen molar-refractivity contribution in [1.82, 2.24) is 5.32 Å². The first-order valence-electron chi connectivity index (χ1n) is 18.9. The lowest BCUT2D eigenvalue weighted by molar-refractivity contribution is -0.108. The number of unbranched alkanes of at least 4 members (excludes halogenated alkanes) is 1. The van der Waals surface area contributed by atoms with E-state index in [9.17, 15) is 9.59 Å². The van der Waals surface area contributed by atoms with Crippen LogP contribution in [0, 0.1) is 5.92 Å². The number of nitrogens with two attached hydrogens (primary N) is 1. The summed E-state index contributed by atoms with van der Waals surface area (Å²) in [5, 5.41) is 3.12. The van der Waals surface area contributed by atoms with Gasteiger partial charge < -0.3 is 30.2 Å². The predicted octanol–water partition coefficient (Wildman–Crippen LogP) is 10.3. The molecule has 0 saturated heterocycles. The van der Waals surface area contributed by atoms with Gasteiger partial charge in [-0.15, -0.1) is 6.58 Å². The van der Waals surface area contributed by atoms with Gasteiger partial charge in [-0.05, 0) is 67.0 Å². The van der Waals surface area contributed by atoms with Crippen LogP contribution in [-0.2, 0) is 27.1 Å². The number of allylic oxidation sites excluding steroid dienone is 1. The predicted molar refractivity (Wildman–Crippen MR) is 218 cm³/mol. The van der Waals surface area contributed by atoms with Crippen LogP contribution in [0.1, 0.15) is 134 Å². The second-order valence-corrected chi connectivity index (χ2v) is 11.7. The number of anilines is 1. The number of benzene rings is 2. The Labute approximate surface area is 308 Å². The molecule has 3 unspecified atom stereocenters. The van der Waals surface area contributed by atoms with Crippen molar-refractivity contribution in [2.75, 3.05) is 38.8 Å². The van der Waals surface area contributed by atoms with Gasteiger partial charge >= 0.3 is 0 Å². The Bertz CT molecular complexity index is 1120. The third kappa shape index (κ3) is 24.7. The molecule has 0 aliphatic carbocycles. The smallest absolute Gasteiger partial charge is 0.251 e. The number of likely N-dealkylation sites (N-methyl/N-ethyl adjacent to an activating group) is 1. The van der Waals surface area contributed by atoms with Gasteiger partial charge in [0.2, 0.25) is 0 Å². The van der Waals surface area contributed by atoms with Crippen LogP contribution >= 0.6 is 0 Å². The minimum atomic E-state index is -0.503. The summed E-state index contributed by atoms with van der Waals surface area (Å²) in [5.74, 6) is 0.444. The van der Waals surface area contributed by atoms with Gasteiger partial charge in [0.05, 0.1) is 38.7 Å². The second-order valence-electron chi connectivity index (χ2n) is 11.7. The second kappa shape index (κ2) is 35.4. The molecular weight excluding hydrogens is 622 g/mol. The van der Waals surface area contributed by atoms with E-state index in [4.69, 9.17) is 15.2 Å². The number of carbonyl (C=O) groups excluding carboxylic acids is 2. The molecule has 3 atom stereocenters. The minimum Gasteiger partial charge on any atom is -0.505 e. The number of hydrogen-bond acceptors (Lipinski definition) is 6. The first kappa shape index (κ1) is 51.0. The van der Waals surface area contributed by atoms with Crippen LogP contribution in [0.4, 0.5) is 5.69 Å². The van der Waals surface area contributed by atoms with Gasteiger partial charge in [0.15, 0.2) is 0 Å². The lowest BCUT2D eigenvalue weighted by atomic mass is 9.94. The zero-order chi connectivity index (χ0) is 38.7. The molecule has 0 spiro atoms. The van der Waals surface area contributed by atoms with Gasteiger partial charge in [0, 0.05) is 24.8 Å². The highest BCUT2D eigenvalue weighted by Crippen LogP contribution is 2.26. The van der Waals surface area contributed by atoms with Crippen molar-refractivity contribution in [2.45, 2.75) is 126 Å². The zero-order valence-electron chi connectivity index (χ0n) is 34.0. The number of ether oxygens (including phenoxy) is 2. The molecule has 0 aliphatic rings. The van der Waals surface area contributed by atoms with Gasteiger partial charge in [0.1, 0.15) is 6.29 Å². The van der Waals surface area contributed by atoms with Crippen molar-refractivity contribution in [1.29, 1.82) is 0 Å². The Morgan fingerprint density at radius 2 is 1.56 bits per heavy atom. The maximum absolute atomic E-state index is 13.2. The average Bonchev–Trinajstić information content (AvgIpc) is 3.15. The maximum Gasteiger partial charge on any atom is 0.251 e. The van der Waals surface area contributed by atoms with Crippen LogP contribution in [0.2, 0.25) is 0 Å². The minimum absolute atomic E-state index is 0.117. The SMILES string of the molecule is C=CCC.CC.CC.CCCC.CCCC(C)Cc1ccc(C(=O)NC(C)c2ccc(CC(N)C=O)cc2)cc1N(C)CCOC/C=C/OC. The monoisotopic (exact) mass is 698 g/mol. The van der Waals surface area contributed by atoms with Crippen molar-refractivity contribution >= 4 is 17.9 Å². The molecule has 50 heavy (non-hydrogen) atoms. The summed E-state index contributed by atoms with van der Waals surface area (Å²) in [6, 6.07) is 13.2. The van der Waals surface area contributed by atoms with E-state index in [-0.39, 0.29) is 11.9 Å². The molecule has 7 heteroatoms. The highest BCUT2D eigenvalue weighted by molar-refractivity contribution is 5.95. The van der Waals surface area contributed by atoms with E-state index >= 15 is 0 Å². The molecule has 0 fully saturated rings. The number of amides is 1. The lowest BCUT2D eigenvalue weighted by Crippen LogP contribution is -2.28. The van der Waals surface area contributed by atoms with Gasteiger partial charge in [-0.25, -0.2) is 0 Å². The molecule has 0 aromatic heterocycles. The molecule has 0 saturated carbocycles. The molecule has 2 aromatic rings. The lowest BCUT2D eigenvalue weighted by Gasteiger charge is -2.25. The van der Waals surface area contributed by atoms with Gasteiger partial charge in [0.25, 0.3) is 5.91 Å². The summed E-state index contributed by atoms with van der Waals surface area (Å²) < 4.78 is 10.6. The number of nitrogens with one attached hydrogen (secondary N) is 1. The third-order valence-electron chi connectivity index (χ3n) is 7.39. The van der Waals surface area contributed by atoms with Crippen LogP contribution in [0.5, 0.6) is 0 Å². The normalized spacial score (nSPS) is 11.7. The molecule has 1 amide bonds. The molecule has 0 heterocycles. The Balaban J connectivity index is -0.00000161. The van der Waals surface area contributed by atoms with Crippen LogP contribution in [-0.4, -0.2) is 52.2 Å². The Morgan fingerprint density at radius 1 is 0.960 bits per heavy atom. The van der Waals surface area contributed by atoms with Gasteiger partial charge in [-0.1, -0.05) is 124 Å². The summed E-state index contributed by atoms with van der Waals surface area (Å²) in [4.78, 5) is 26.2. The van der Waals surface area contributed by atoms with Crippen molar-refractivity contribution in [3.63, 3.8) is 0 Å². The molecule has 0 radical (unpaired) electrons. The fourth-order valence-corrected chi connectivity index (χ4v) is 4.44. The summed E-state index contributed by atoms with van der Waals surface area (Å²) in [5.41, 5.74) is 10.6. The van der Waals surface area contributed by atoms with Crippen molar-refractivity contribution in [2.24, 2.45) is 11.7 Å². The highest BCUT2D eigenvalue weighted by atomic mass is 16.5. The van der Waals surface area contributed by atoms with E-state index in [0.29, 0.717) is 37.7 Å². The summed E-state index contributed by atoms with van der Waals surface area (Å²) in [6.45, 7) is 26.1. The molecule has 0 aliphatic heterocycles. The van der Waals surface area contributed by atoms with Crippen LogP contribution < -0.4 is 16.0 Å². The third-order valence-corrected chi connectivity index (χ3v) is 7.39. The molecule has 286 valence electrons. The van der Waals surface area contributed by atoms with Crippen molar-refractivity contribution in [3.8, 4) is 0 Å². The maximum atomic E-state index is 13.2. The van der Waals surface area contributed by atoms with Crippen molar-refractivity contribution < 1.29 is 19.1 Å². The van der Waals surface area contributed by atoms with Crippen molar-refractivity contribution in [3.05, 3.63) is 89.7 Å². The van der Waals surface area contributed by atoms with Crippen LogP contribution in [0.15, 0.2) is 67.5 Å². The molecule has 2 aromatic carbocycles. The number of rotatable bonds is 19. The van der Waals surface area contributed by atoms with Crippen LogP contribution in [0.3, 0.4) is 0 Å². The fourth-order valence-electron chi connectivity index (χ4n) is 4.44. The number of methoxy groups -OCH3 is 1. The summed E-state index contributed by atoms with van der Waals surface area (Å²) >= 11 is 0. The Kier molecular flexibility index (Phi) is 36.1. The zero-order valence-corrected chi connectivity index (χ0v) is 34.0. The van der Waals surface area contributed by atoms with E-state index in [0.717, 1.165) is 48.8 Å². The van der Waals surface area contributed by atoms with E-state index < -0.39 is 6.04 Å². The summed E-state index contributed by atoms with van der Waals surface area (Å²) in [6.07, 6.45) is 13.6. The van der Waals surface area contributed by atoms with Crippen LogP contribution in [0.25, 0.3) is 0 Å². The summed E-state index contributed by atoms with van der Waals surface area (Å²) in [7, 11) is 3.65. The van der Waals surface area contributed by atoms with Gasteiger partial charge in [-0.3, -0.25) is 4.79 Å². The molecule has 3 N–H and O–H groups in total. The standard InChI is InChI=1S/C31H45N3O4.C4H10.C4H8.2C2H6/c1-6-8-23(2)19-27-13-14-28(21-30(27)34(4)15-18-38-17-7-16-37-5)31(36)33-24(3)26-11-9-25(10-12-26)20-29(32)22-35;2*1-3-4-2;2*1-2/h7,9-14,16,21-24,29H,6,8,15,17-20,32H2,1-5H3,(H,33,36);3-4H2,1-2H3;3H,1,4H2,2H3;2*1-2H3/b16-7+;;;;. The molecular formula is C43H75N3O4. The number of carbonyl (C=O) groups is 2. The highest BCUT2D eigenvalue weighted by Gasteiger charge is 2.17. The molecule has 0 bridgehead atoms. The number of nitrogens with zero attached hydrogens (tertiary/aromatic N) is 1. The van der Waals surface area contributed by atoms with E-state index in [1.165, 1.54) is 18.4 Å². The first-order valence-corrected chi connectivity index (χ1v) is 18.9. The topological polar surface area (TPSA) is 93.9 Å².